The van der Waals surface area contributed by atoms with Crippen LogP contribution in [0.2, 0.25) is 0 Å². The topological polar surface area (TPSA) is 38.1 Å². The Hall–Kier alpha value is -2.83. The summed E-state index contributed by atoms with van der Waals surface area (Å²) in [5, 5.41) is 0.0719. The van der Waals surface area contributed by atoms with Gasteiger partial charge in [0.2, 0.25) is 0 Å². The molecule has 2 fully saturated rings. The van der Waals surface area contributed by atoms with Gasteiger partial charge in [0, 0.05) is 30.9 Å². The molecule has 3 heterocycles. The normalized spacial score (nSPS) is 23.3. The van der Waals surface area contributed by atoms with Gasteiger partial charge in [0.15, 0.2) is 22.7 Å². The summed E-state index contributed by atoms with van der Waals surface area (Å²) in [5.74, 6) is -0.129. The van der Waals surface area contributed by atoms with E-state index in [1.165, 1.54) is 22.9 Å². The second-order valence-electron chi connectivity index (χ2n) is 7.86. The number of piperidine rings is 1. The molecular formula is C21H18F3N3O. The van der Waals surface area contributed by atoms with Crippen LogP contribution in [0, 0.1) is 42.1 Å². The molecule has 2 unspecified atom stereocenters. The molecule has 0 spiro atoms. The van der Waals surface area contributed by atoms with E-state index in [0.29, 0.717) is 23.3 Å². The summed E-state index contributed by atoms with van der Waals surface area (Å²) >= 11 is 0. The van der Waals surface area contributed by atoms with Gasteiger partial charge in [-0.25, -0.2) is 18.2 Å². The number of hydrogen-bond acceptors (Lipinski definition) is 3. The number of nitrogens with zero attached hydrogens (tertiary/aromatic N) is 3. The highest BCUT2D eigenvalue weighted by Crippen LogP contribution is 2.52. The van der Waals surface area contributed by atoms with E-state index < -0.39 is 17.5 Å². The summed E-state index contributed by atoms with van der Waals surface area (Å²) in [6.45, 7) is 5.21. The van der Waals surface area contributed by atoms with Crippen LogP contribution >= 0.6 is 0 Å². The lowest BCUT2D eigenvalue weighted by Crippen LogP contribution is -2.26. The summed E-state index contributed by atoms with van der Waals surface area (Å²) in [6, 6.07) is 4.37. The van der Waals surface area contributed by atoms with Crippen LogP contribution in [0.3, 0.4) is 0 Å². The van der Waals surface area contributed by atoms with Crippen LogP contribution in [0.1, 0.15) is 12.5 Å². The highest BCUT2D eigenvalue weighted by atomic mass is 19.1. The summed E-state index contributed by atoms with van der Waals surface area (Å²) < 4.78 is 44.0. The fraction of sp³-hybridized carbons (Fsp3) is 0.333. The van der Waals surface area contributed by atoms with E-state index in [-0.39, 0.29) is 28.0 Å². The summed E-state index contributed by atoms with van der Waals surface area (Å²) in [6.07, 6.45) is 1.46. The van der Waals surface area contributed by atoms with Gasteiger partial charge < -0.3 is 4.90 Å². The van der Waals surface area contributed by atoms with Crippen molar-refractivity contribution in [3.63, 3.8) is 0 Å². The lowest BCUT2D eigenvalue weighted by atomic mass is 10.2. The Morgan fingerprint density at radius 2 is 1.79 bits per heavy atom. The van der Waals surface area contributed by atoms with Crippen molar-refractivity contribution in [2.45, 2.75) is 13.8 Å². The number of hydrogen-bond donors (Lipinski definition) is 0. The first-order chi connectivity index (χ1) is 13.3. The number of halogens is 3. The van der Waals surface area contributed by atoms with Crippen LogP contribution in [0.5, 0.6) is 0 Å². The number of anilines is 1. The molecule has 1 saturated carbocycles. The minimum Gasteiger partial charge on any atom is -0.354 e. The molecule has 0 radical (unpaired) electrons. The molecular weight excluding hydrogens is 367 g/mol. The minimum atomic E-state index is -0.784. The first-order valence-electron chi connectivity index (χ1n) is 9.28. The molecule has 3 aromatic rings. The Morgan fingerprint density at radius 3 is 2.46 bits per heavy atom. The third kappa shape index (κ3) is 2.45. The maximum Gasteiger partial charge on any atom is 0.194 e. The highest BCUT2D eigenvalue weighted by Gasteiger charge is 2.53. The molecule has 0 N–H and O–H groups in total. The molecule has 2 aliphatic rings. The molecule has 1 aliphatic heterocycles. The van der Waals surface area contributed by atoms with Crippen LogP contribution in [-0.4, -0.2) is 22.6 Å². The Morgan fingerprint density at radius 1 is 1.07 bits per heavy atom. The monoisotopic (exact) mass is 385 g/mol. The van der Waals surface area contributed by atoms with E-state index in [1.807, 2.05) is 4.90 Å². The second kappa shape index (κ2) is 5.83. The Labute approximate surface area is 159 Å². The van der Waals surface area contributed by atoms with Crippen molar-refractivity contribution in [2.75, 3.05) is 18.0 Å². The third-order valence-corrected chi connectivity index (χ3v) is 6.18. The van der Waals surface area contributed by atoms with E-state index in [2.05, 4.69) is 11.9 Å². The fourth-order valence-electron chi connectivity index (χ4n) is 4.42. The molecule has 2 aromatic heterocycles. The zero-order chi connectivity index (χ0) is 19.7. The van der Waals surface area contributed by atoms with Crippen molar-refractivity contribution in [1.82, 2.24) is 9.55 Å². The summed E-state index contributed by atoms with van der Waals surface area (Å²) in [7, 11) is 0. The molecule has 1 aromatic carbocycles. The number of rotatable bonds is 2. The smallest absolute Gasteiger partial charge is 0.194 e. The quantitative estimate of drug-likeness (QED) is 0.673. The Bertz CT molecular complexity index is 1180. The lowest BCUT2D eigenvalue weighted by molar-refractivity contribution is 0.578. The molecule has 2 atom stereocenters. The predicted molar refractivity (Wildman–Crippen MR) is 100 cm³/mol. The fourth-order valence-corrected chi connectivity index (χ4v) is 4.42. The van der Waals surface area contributed by atoms with Crippen LogP contribution in [0.4, 0.5) is 19.0 Å². The molecule has 4 nitrogen and oxygen atoms in total. The molecule has 1 saturated heterocycles. The standard InChI is InChI=1S/C21H18F3N3O/c1-10-7-27(18-4-3-12(22)5-16(18)23)20-13(19(10)28)6-17(24)21(25-20)26-8-14-11(2)15(14)9-26/h3-7,11,14-15H,8-9H2,1-2H3. The molecule has 144 valence electrons. The number of aromatic nitrogens is 2. The number of fused-ring (bicyclic) bond motifs is 2. The molecule has 28 heavy (non-hydrogen) atoms. The predicted octanol–water partition coefficient (Wildman–Crippen LogP) is 3.81. The van der Waals surface area contributed by atoms with Gasteiger partial charge in [-0.3, -0.25) is 9.36 Å². The average molecular weight is 385 g/mol. The van der Waals surface area contributed by atoms with Gasteiger partial charge in [0.05, 0.1) is 11.1 Å². The van der Waals surface area contributed by atoms with E-state index in [4.69, 9.17) is 0 Å². The number of aryl methyl sites for hydroxylation is 1. The van der Waals surface area contributed by atoms with Gasteiger partial charge >= 0.3 is 0 Å². The second-order valence-corrected chi connectivity index (χ2v) is 7.86. The molecule has 0 amide bonds. The maximum atomic E-state index is 14.8. The van der Waals surface area contributed by atoms with Crippen LogP contribution in [0.15, 0.2) is 35.3 Å². The van der Waals surface area contributed by atoms with Crippen LogP contribution in [-0.2, 0) is 0 Å². The van der Waals surface area contributed by atoms with Crippen molar-refractivity contribution in [3.8, 4) is 5.69 Å². The van der Waals surface area contributed by atoms with Gasteiger partial charge in [0.1, 0.15) is 11.6 Å². The molecule has 1 aliphatic carbocycles. The van der Waals surface area contributed by atoms with Gasteiger partial charge in [0.25, 0.3) is 0 Å². The van der Waals surface area contributed by atoms with Crippen molar-refractivity contribution in [2.24, 2.45) is 17.8 Å². The molecule has 7 heteroatoms. The summed E-state index contributed by atoms with van der Waals surface area (Å²) in [5.41, 5.74) is 0.176. The molecule has 0 bridgehead atoms. The highest BCUT2D eigenvalue weighted by molar-refractivity contribution is 5.80. The first kappa shape index (κ1) is 17.3. The lowest BCUT2D eigenvalue weighted by Gasteiger charge is -2.22. The van der Waals surface area contributed by atoms with Crippen molar-refractivity contribution < 1.29 is 13.2 Å². The van der Waals surface area contributed by atoms with E-state index in [9.17, 15) is 18.0 Å². The largest absolute Gasteiger partial charge is 0.354 e. The van der Waals surface area contributed by atoms with Crippen molar-refractivity contribution in [1.29, 1.82) is 0 Å². The number of benzene rings is 1. The number of pyridine rings is 2. The zero-order valence-corrected chi connectivity index (χ0v) is 15.4. The Balaban J connectivity index is 1.73. The van der Waals surface area contributed by atoms with E-state index >= 15 is 0 Å². The van der Waals surface area contributed by atoms with Crippen LogP contribution < -0.4 is 10.3 Å². The van der Waals surface area contributed by atoms with Gasteiger partial charge in [-0.05, 0) is 42.9 Å². The SMILES string of the molecule is Cc1cn(-c2ccc(F)cc2F)c2nc(N3CC4C(C)C4C3)c(F)cc2c1=O. The van der Waals surface area contributed by atoms with E-state index in [0.717, 1.165) is 25.2 Å². The van der Waals surface area contributed by atoms with E-state index in [1.54, 1.807) is 6.92 Å². The maximum absolute atomic E-state index is 14.8. The molecule has 5 rings (SSSR count). The van der Waals surface area contributed by atoms with Gasteiger partial charge in [-0.15, -0.1) is 0 Å². The minimum absolute atomic E-state index is 0.0532. The van der Waals surface area contributed by atoms with Crippen molar-refractivity contribution in [3.05, 3.63) is 63.7 Å². The van der Waals surface area contributed by atoms with Gasteiger partial charge in [-0.2, -0.15) is 0 Å². The average Bonchev–Trinajstić information content (AvgIpc) is 3.04. The zero-order valence-electron chi connectivity index (χ0n) is 15.4. The third-order valence-electron chi connectivity index (χ3n) is 6.18. The summed E-state index contributed by atoms with van der Waals surface area (Å²) in [4.78, 5) is 18.9. The van der Waals surface area contributed by atoms with Crippen molar-refractivity contribution >= 4 is 16.9 Å². The van der Waals surface area contributed by atoms with Gasteiger partial charge in [-0.1, -0.05) is 6.92 Å². The Kier molecular flexibility index (Phi) is 3.60. The van der Waals surface area contributed by atoms with Crippen LogP contribution in [0.25, 0.3) is 16.7 Å². The first-order valence-corrected chi connectivity index (χ1v) is 9.28.